The third-order valence-corrected chi connectivity index (χ3v) is 3.13. The molecule has 0 saturated heterocycles. The molecule has 0 unspecified atom stereocenters. The molecular formula is C19H24O4. The van der Waals surface area contributed by atoms with E-state index in [-0.39, 0.29) is 29.5 Å². The molecule has 0 amide bonds. The van der Waals surface area contributed by atoms with E-state index in [0.29, 0.717) is 17.7 Å². The first-order valence-electron chi connectivity index (χ1n) is 7.87. The summed E-state index contributed by atoms with van der Waals surface area (Å²) in [6.45, 7) is 5.82. The summed E-state index contributed by atoms with van der Waals surface area (Å²) in [4.78, 5) is 12.1. The maximum atomic E-state index is 12.1. The van der Waals surface area contributed by atoms with Crippen LogP contribution in [0.5, 0.6) is 17.2 Å². The monoisotopic (exact) mass is 316 g/mol. The van der Waals surface area contributed by atoms with Crippen molar-refractivity contribution in [3.05, 3.63) is 53.6 Å². The predicted octanol–water partition coefficient (Wildman–Crippen LogP) is 4.34. The molecule has 0 saturated carbocycles. The van der Waals surface area contributed by atoms with E-state index in [1.807, 2.05) is 39.0 Å². The summed E-state index contributed by atoms with van der Waals surface area (Å²) in [7, 11) is 0. The average molecular weight is 316 g/mol. The number of phenolic OH excluding ortho intramolecular Hbond substituents is 2. The zero-order valence-corrected chi connectivity index (χ0v) is 13.9. The number of aryl methyl sites for hydroxylation is 1. The van der Waals surface area contributed by atoms with E-state index in [0.717, 1.165) is 6.42 Å². The Kier molecular flexibility index (Phi) is 7.67. The van der Waals surface area contributed by atoms with Crippen LogP contribution < -0.4 is 4.74 Å². The highest BCUT2D eigenvalue weighted by atomic mass is 16.5. The number of carbonyl (C=O) groups is 1. The minimum absolute atomic E-state index is 0.00915. The van der Waals surface area contributed by atoms with Gasteiger partial charge in [0.25, 0.3) is 0 Å². The molecule has 0 aromatic heterocycles. The third kappa shape index (κ3) is 5.33. The number of rotatable bonds is 6. The van der Waals surface area contributed by atoms with Crippen LogP contribution in [0.1, 0.15) is 43.1 Å². The Balaban J connectivity index is 0.00000127. The SMILES string of the molecule is CC.CCCc1cc(C(=O)COc2ccccc2)c(O)cc1O. The van der Waals surface area contributed by atoms with Gasteiger partial charge < -0.3 is 14.9 Å². The number of ketones is 1. The molecule has 0 radical (unpaired) electrons. The van der Waals surface area contributed by atoms with E-state index in [9.17, 15) is 15.0 Å². The molecule has 4 heteroatoms. The maximum Gasteiger partial charge on any atom is 0.203 e. The molecule has 4 nitrogen and oxygen atoms in total. The molecule has 0 fully saturated rings. The quantitative estimate of drug-likeness (QED) is 0.778. The van der Waals surface area contributed by atoms with E-state index >= 15 is 0 Å². The molecule has 0 heterocycles. The van der Waals surface area contributed by atoms with Crippen LogP contribution in [-0.4, -0.2) is 22.6 Å². The second-order valence-corrected chi connectivity index (χ2v) is 4.77. The molecule has 0 bridgehead atoms. The topological polar surface area (TPSA) is 66.8 Å². The first-order valence-corrected chi connectivity index (χ1v) is 7.87. The molecule has 0 aliphatic heterocycles. The van der Waals surface area contributed by atoms with Gasteiger partial charge in [-0.15, -0.1) is 0 Å². The second-order valence-electron chi connectivity index (χ2n) is 4.77. The van der Waals surface area contributed by atoms with Crippen molar-refractivity contribution in [1.29, 1.82) is 0 Å². The molecule has 0 aliphatic carbocycles. The zero-order chi connectivity index (χ0) is 17.2. The summed E-state index contributed by atoms with van der Waals surface area (Å²) in [5.41, 5.74) is 0.825. The number of para-hydroxylation sites is 1. The van der Waals surface area contributed by atoms with Gasteiger partial charge in [0.2, 0.25) is 5.78 Å². The minimum atomic E-state index is -0.325. The molecule has 2 rings (SSSR count). The van der Waals surface area contributed by atoms with Crippen LogP contribution in [0.3, 0.4) is 0 Å². The van der Waals surface area contributed by atoms with Gasteiger partial charge >= 0.3 is 0 Å². The van der Waals surface area contributed by atoms with E-state index in [1.165, 1.54) is 12.1 Å². The van der Waals surface area contributed by atoms with Crippen LogP contribution in [0.25, 0.3) is 0 Å². The van der Waals surface area contributed by atoms with Crippen molar-refractivity contribution in [1.82, 2.24) is 0 Å². The molecular weight excluding hydrogens is 292 g/mol. The van der Waals surface area contributed by atoms with Crippen molar-refractivity contribution >= 4 is 5.78 Å². The number of hydrogen-bond donors (Lipinski definition) is 2. The predicted molar refractivity (Wildman–Crippen MR) is 91.4 cm³/mol. The number of aromatic hydroxyl groups is 2. The van der Waals surface area contributed by atoms with E-state index in [1.54, 1.807) is 12.1 Å². The van der Waals surface area contributed by atoms with Crippen molar-refractivity contribution in [2.75, 3.05) is 6.61 Å². The Labute approximate surface area is 137 Å². The highest BCUT2D eigenvalue weighted by Crippen LogP contribution is 2.28. The normalized spacial score (nSPS) is 9.70. The number of carbonyl (C=O) groups excluding carboxylic acids is 1. The first kappa shape index (κ1) is 18.6. The van der Waals surface area contributed by atoms with Crippen molar-refractivity contribution in [3.8, 4) is 17.2 Å². The molecule has 2 aromatic rings. The van der Waals surface area contributed by atoms with Gasteiger partial charge in [0.15, 0.2) is 6.61 Å². The van der Waals surface area contributed by atoms with Gasteiger partial charge in [-0.05, 0) is 30.2 Å². The smallest absolute Gasteiger partial charge is 0.203 e. The summed E-state index contributed by atoms with van der Waals surface area (Å²) in [6.07, 6.45) is 1.48. The Morgan fingerprint density at radius 2 is 1.70 bits per heavy atom. The summed E-state index contributed by atoms with van der Waals surface area (Å²) in [5, 5.41) is 19.5. The van der Waals surface area contributed by atoms with Crippen LogP contribution in [0.15, 0.2) is 42.5 Å². The number of hydrogen-bond acceptors (Lipinski definition) is 4. The van der Waals surface area contributed by atoms with Crippen molar-refractivity contribution < 1.29 is 19.7 Å². The molecule has 2 N–H and O–H groups in total. The van der Waals surface area contributed by atoms with Gasteiger partial charge in [-0.25, -0.2) is 0 Å². The fraction of sp³-hybridized carbons (Fsp3) is 0.316. The Morgan fingerprint density at radius 1 is 1.04 bits per heavy atom. The third-order valence-electron chi connectivity index (χ3n) is 3.13. The van der Waals surface area contributed by atoms with E-state index < -0.39 is 0 Å². The van der Waals surface area contributed by atoms with E-state index in [2.05, 4.69) is 0 Å². The Morgan fingerprint density at radius 3 is 2.30 bits per heavy atom. The lowest BCUT2D eigenvalue weighted by Gasteiger charge is -2.10. The maximum absolute atomic E-state index is 12.1. The average Bonchev–Trinajstić information content (AvgIpc) is 2.58. The van der Waals surface area contributed by atoms with Crippen LogP contribution in [0.4, 0.5) is 0 Å². The van der Waals surface area contributed by atoms with Gasteiger partial charge in [-0.1, -0.05) is 45.4 Å². The second kappa shape index (κ2) is 9.51. The summed E-state index contributed by atoms with van der Waals surface area (Å²) < 4.78 is 5.38. The molecule has 0 atom stereocenters. The largest absolute Gasteiger partial charge is 0.508 e. The van der Waals surface area contributed by atoms with Gasteiger partial charge in [0.1, 0.15) is 17.2 Å². The number of phenols is 2. The summed E-state index contributed by atoms with van der Waals surface area (Å²) in [6, 6.07) is 11.7. The first-order chi connectivity index (χ1) is 11.1. The van der Waals surface area contributed by atoms with Gasteiger partial charge in [-0.2, -0.15) is 0 Å². The zero-order valence-electron chi connectivity index (χ0n) is 13.9. The number of Topliss-reactive ketones (excluding diaryl/α,β-unsaturated/α-hetero) is 1. The lowest BCUT2D eigenvalue weighted by molar-refractivity contribution is 0.0918. The summed E-state index contributed by atoms with van der Waals surface area (Å²) >= 11 is 0. The van der Waals surface area contributed by atoms with E-state index in [4.69, 9.17) is 4.74 Å². The van der Waals surface area contributed by atoms with Crippen LogP contribution in [-0.2, 0) is 6.42 Å². The highest BCUT2D eigenvalue weighted by molar-refractivity contribution is 6.00. The Hall–Kier alpha value is -2.49. The molecule has 2 aromatic carbocycles. The van der Waals surface area contributed by atoms with Crippen LogP contribution in [0.2, 0.25) is 0 Å². The van der Waals surface area contributed by atoms with Crippen molar-refractivity contribution in [2.45, 2.75) is 33.6 Å². The molecule has 0 aliphatic rings. The lowest BCUT2D eigenvalue weighted by atomic mass is 10.0. The van der Waals surface area contributed by atoms with Crippen LogP contribution >= 0.6 is 0 Å². The standard InChI is InChI=1S/C17H18O4.C2H6/c1-2-6-12-9-14(16(19)10-15(12)18)17(20)11-21-13-7-4-3-5-8-13;1-2/h3-5,7-10,18-19H,2,6,11H2,1H3;1-2H3. The van der Waals surface area contributed by atoms with Gasteiger partial charge in [-0.3, -0.25) is 4.79 Å². The van der Waals surface area contributed by atoms with Crippen molar-refractivity contribution in [2.24, 2.45) is 0 Å². The molecule has 0 spiro atoms. The number of benzene rings is 2. The molecule has 124 valence electrons. The minimum Gasteiger partial charge on any atom is -0.508 e. The highest BCUT2D eigenvalue weighted by Gasteiger charge is 2.15. The number of ether oxygens (including phenoxy) is 1. The van der Waals surface area contributed by atoms with Crippen LogP contribution in [0, 0.1) is 0 Å². The Bertz CT molecular complexity index is 621. The molecule has 23 heavy (non-hydrogen) atoms. The van der Waals surface area contributed by atoms with Gasteiger partial charge in [0, 0.05) is 6.07 Å². The van der Waals surface area contributed by atoms with Crippen molar-refractivity contribution in [3.63, 3.8) is 0 Å². The fourth-order valence-electron chi connectivity index (χ4n) is 2.06. The summed E-state index contributed by atoms with van der Waals surface area (Å²) in [5.74, 6) is 0.0514. The fourth-order valence-corrected chi connectivity index (χ4v) is 2.06. The van der Waals surface area contributed by atoms with Gasteiger partial charge in [0.05, 0.1) is 5.56 Å². The lowest BCUT2D eigenvalue weighted by Crippen LogP contribution is -2.12.